The molecule has 0 aliphatic carbocycles. The molecular formula is C24H36N6O2S2. The van der Waals surface area contributed by atoms with Gasteiger partial charge >= 0.3 is 5.97 Å². The summed E-state index contributed by atoms with van der Waals surface area (Å²) in [5.74, 6) is -0.0319. The van der Waals surface area contributed by atoms with Crippen molar-refractivity contribution in [3.8, 4) is 0 Å². The molecule has 186 valence electrons. The number of aromatic nitrogens is 2. The minimum Gasteiger partial charge on any atom is -0.463 e. The van der Waals surface area contributed by atoms with E-state index in [0.29, 0.717) is 28.8 Å². The van der Waals surface area contributed by atoms with Crippen LogP contribution in [0.5, 0.6) is 0 Å². The van der Waals surface area contributed by atoms with Gasteiger partial charge in [-0.15, -0.1) is 10.2 Å². The number of anilines is 1. The predicted octanol–water partition coefficient (Wildman–Crippen LogP) is 7.79. The van der Waals surface area contributed by atoms with Gasteiger partial charge < -0.3 is 9.64 Å². The number of nitrogens with zero attached hydrogens (tertiary/aromatic N) is 6. The lowest BCUT2D eigenvalue weighted by atomic mass is 9.91. The molecule has 34 heavy (non-hydrogen) atoms. The highest BCUT2D eigenvalue weighted by Crippen LogP contribution is 2.43. The zero-order chi connectivity index (χ0) is 25.7. The van der Waals surface area contributed by atoms with Gasteiger partial charge in [-0.2, -0.15) is 0 Å². The monoisotopic (exact) mass is 504 g/mol. The summed E-state index contributed by atoms with van der Waals surface area (Å²) in [6, 6.07) is 0. The van der Waals surface area contributed by atoms with Crippen molar-refractivity contribution in [3.63, 3.8) is 0 Å². The van der Waals surface area contributed by atoms with Crippen LogP contribution in [0.3, 0.4) is 0 Å². The number of carbonyl (C=O) groups is 1. The Bertz CT molecular complexity index is 1060. The summed E-state index contributed by atoms with van der Waals surface area (Å²) in [6.07, 6.45) is 0.729. The van der Waals surface area contributed by atoms with Crippen LogP contribution in [-0.2, 0) is 14.9 Å². The van der Waals surface area contributed by atoms with E-state index in [9.17, 15) is 4.79 Å². The Morgan fingerprint density at radius 1 is 1.18 bits per heavy atom. The van der Waals surface area contributed by atoms with E-state index in [1.165, 1.54) is 22.9 Å². The number of rotatable bonds is 10. The van der Waals surface area contributed by atoms with Gasteiger partial charge in [0, 0.05) is 12.0 Å². The first-order valence-corrected chi connectivity index (χ1v) is 13.2. The van der Waals surface area contributed by atoms with Crippen LogP contribution in [-0.4, -0.2) is 35.0 Å². The maximum atomic E-state index is 12.3. The van der Waals surface area contributed by atoms with Crippen molar-refractivity contribution in [2.24, 2.45) is 15.6 Å². The van der Waals surface area contributed by atoms with Crippen molar-refractivity contribution in [1.29, 1.82) is 0 Å². The number of carbonyl (C=O) groups excluding carboxylic acids is 1. The molecule has 8 nitrogen and oxygen atoms in total. The van der Waals surface area contributed by atoms with Gasteiger partial charge in [-0.25, -0.2) is 14.2 Å². The third-order valence-corrected chi connectivity index (χ3v) is 7.29. The molecule has 0 aliphatic heterocycles. The van der Waals surface area contributed by atoms with E-state index < -0.39 is 5.41 Å². The van der Waals surface area contributed by atoms with E-state index in [4.69, 9.17) is 16.3 Å². The van der Waals surface area contributed by atoms with E-state index in [1.807, 2.05) is 41.5 Å². The number of hydrogen-bond acceptors (Lipinski definition) is 9. The van der Waals surface area contributed by atoms with Crippen LogP contribution in [0.2, 0.25) is 0 Å². The van der Waals surface area contributed by atoms with Crippen molar-refractivity contribution in [2.45, 2.75) is 80.1 Å². The second kappa shape index (κ2) is 11.4. The molecule has 0 unspecified atom stereocenters. The van der Waals surface area contributed by atoms with Gasteiger partial charge in [-0.05, 0) is 44.6 Å². The number of esters is 1. The third kappa shape index (κ3) is 6.60. The summed E-state index contributed by atoms with van der Waals surface area (Å²) in [5.41, 5.74) is 1.35. The highest BCUT2D eigenvalue weighted by atomic mass is 32.1. The highest BCUT2D eigenvalue weighted by Gasteiger charge is 2.28. The molecule has 2 heterocycles. The van der Waals surface area contributed by atoms with Crippen LogP contribution in [0.1, 0.15) is 86.0 Å². The van der Waals surface area contributed by atoms with E-state index in [2.05, 4.69) is 45.1 Å². The smallest absolute Gasteiger partial charge is 0.311 e. The Hall–Kier alpha value is -2.38. The maximum Gasteiger partial charge on any atom is 0.311 e. The zero-order valence-corrected chi connectivity index (χ0v) is 23.4. The van der Waals surface area contributed by atoms with Crippen molar-refractivity contribution < 1.29 is 9.53 Å². The van der Waals surface area contributed by atoms with Crippen LogP contribution in [0.25, 0.3) is 4.85 Å². The molecule has 0 amide bonds. The molecule has 0 radical (unpaired) electrons. The average Bonchev–Trinajstić information content (AvgIpc) is 3.38. The summed E-state index contributed by atoms with van der Waals surface area (Å²) < 4.78 is 9.93. The fourth-order valence-corrected chi connectivity index (χ4v) is 4.88. The second-order valence-corrected chi connectivity index (χ2v) is 11.7. The molecule has 0 aliphatic rings. The van der Waals surface area contributed by atoms with Gasteiger partial charge in [0.1, 0.15) is 6.61 Å². The Kier molecular flexibility index (Phi) is 9.31. The number of ether oxygens (including phenoxy) is 1. The van der Waals surface area contributed by atoms with Crippen molar-refractivity contribution in [2.75, 3.05) is 24.6 Å². The van der Waals surface area contributed by atoms with Crippen molar-refractivity contribution >= 4 is 49.7 Å². The number of hydrogen-bond donors (Lipinski definition) is 0. The molecule has 2 aromatic rings. The predicted molar refractivity (Wildman–Crippen MR) is 140 cm³/mol. The van der Waals surface area contributed by atoms with E-state index in [0.717, 1.165) is 29.5 Å². The minimum absolute atomic E-state index is 0.152. The Labute approximate surface area is 211 Å². The van der Waals surface area contributed by atoms with Crippen LogP contribution < -0.4 is 4.90 Å². The molecule has 0 atom stereocenters. The lowest BCUT2D eigenvalue weighted by molar-refractivity contribution is -0.153. The highest BCUT2D eigenvalue weighted by molar-refractivity contribution is 7.19. The van der Waals surface area contributed by atoms with Crippen LogP contribution in [0.15, 0.2) is 10.2 Å². The van der Waals surface area contributed by atoms with Crippen LogP contribution in [0, 0.1) is 12.0 Å². The standard InChI is InChI=1S/C24H36N6O2S2/c1-11-24(8,9)21(31)32-14-13-30(12-2)22-26-18(23(5,6)7)20(33-22)28-27-19-17(25-10)16(15(3)4)29-34-19/h15H,11-14H2,1-9H3/b28-27+. The largest absolute Gasteiger partial charge is 0.463 e. The van der Waals surface area contributed by atoms with Crippen molar-refractivity contribution in [3.05, 3.63) is 22.8 Å². The molecule has 10 heteroatoms. The minimum atomic E-state index is -0.485. The molecule has 0 fully saturated rings. The lowest BCUT2D eigenvalue weighted by Crippen LogP contribution is -2.31. The molecule has 0 bridgehead atoms. The molecule has 2 rings (SSSR count). The lowest BCUT2D eigenvalue weighted by Gasteiger charge is -2.23. The van der Waals surface area contributed by atoms with E-state index >= 15 is 0 Å². The first kappa shape index (κ1) is 27.9. The van der Waals surface area contributed by atoms with Gasteiger partial charge in [0.25, 0.3) is 0 Å². The summed E-state index contributed by atoms with van der Waals surface area (Å²) in [5, 5.41) is 10.9. The van der Waals surface area contributed by atoms with Crippen molar-refractivity contribution in [1.82, 2.24) is 9.36 Å². The Morgan fingerprint density at radius 2 is 1.82 bits per heavy atom. The zero-order valence-electron chi connectivity index (χ0n) is 21.7. The summed E-state index contributed by atoms with van der Waals surface area (Å²) >= 11 is 2.65. The SMILES string of the molecule is [C-]#[N+]c1c(C(C)C)nsc1/N=N/c1sc(N(CC)CCOC(=O)C(C)(C)CC)nc1C(C)(C)C. The third-order valence-electron chi connectivity index (χ3n) is 5.56. The maximum absolute atomic E-state index is 12.3. The molecule has 0 saturated heterocycles. The quantitative estimate of drug-likeness (QED) is 0.187. The normalized spacial score (nSPS) is 12.4. The summed E-state index contributed by atoms with van der Waals surface area (Å²) in [7, 11) is 0. The van der Waals surface area contributed by atoms with E-state index in [-0.39, 0.29) is 17.3 Å². The second-order valence-electron chi connectivity index (χ2n) is 10.0. The van der Waals surface area contributed by atoms with Gasteiger partial charge in [-0.1, -0.05) is 52.9 Å². The average molecular weight is 505 g/mol. The fourth-order valence-electron chi connectivity index (χ4n) is 2.90. The molecule has 0 aromatic carbocycles. The van der Waals surface area contributed by atoms with Crippen LogP contribution >= 0.6 is 22.9 Å². The van der Waals surface area contributed by atoms with Gasteiger partial charge in [0.05, 0.1) is 29.9 Å². The van der Waals surface area contributed by atoms with Gasteiger partial charge in [0.2, 0.25) is 5.69 Å². The van der Waals surface area contributed by atoms with Gasteiger partial charge in [0.15, 0.2) is 15.1 Å². The number of likely N-dealkylation sites (N-methyl/N-ethyl adjacent to an activating group) is 1. The molecule has 0 N–H and O–H groups in total. The summed E-state index contributed by atoms with van der Waals surface area (Å²) in [4.78, 5) is 22.9. The molecule has 0 spiro atoms. The first-order valence-electron chi connectivity index (χ1n) is 11.6. The van der Waals surface area contributed by atoms with Crippen LogP contribution in [0.4, 0.5) is 20.8 Å². The summed E-state index contributed by atoms with van der Waals surface area (Å²) in [6.45, 7) is 27.2. The number of thiazole rings is 1. The number of azo groups is 1. The van der Waals surface area contributed by atoms with E-state index in [1.54, 1.807) is 0 Å². The molecular weight excluding hydrogens is 468 g/mol. The fraction of sp³-hybridized carbons (Fsp3) is 0.667. The molecule has 2 aromatic heterocycles. The Morgan fingerprint density at radius 3 is 2.35 bits per heavy atom. The Balaban J connectivity index is 2.28. The molecule has 0 saturated carbocycles. The topological polar surface area (TPSA) is 84.4 Å². The first-order chi connectivity index (χ1) is 15.8. The van der Waals surface area contributed by atoms with Gasteiger partial charge in [-0.3, -0.25) is 4.79 Å².